The van der Waals surface area contributed by atoms with Gasteiger partial charge < -0.3 is 4.74 Å². The van der Waals surface area contributed by atoms with Gasteiger partial charge in [-0.05, 0) is 46.3 Å². The molecule has 1 aliphatic heterocycles. The summed E-state index contributed by atoms with van der Waals surface area (Å²) in [6.07, 6.45) is 3.16. The summed E-state index contributed by atoms with van der Waals surface area (Å²) in [7, 11) is 0. The fraction of sp³-hybridized carbons (Fsp3) is 0.846. The third kappa shape index (κ3) is 4.70. The van der Waals surface area contributed by atoms with Gasteiger partial charge in [-0.2, -0.15) is 11.8 Å². The van der Waals surface area contributed by atoms with Crippen molar-refractivity contribution in [1.82, 2.24) is 0 Å². The third-order valence-corrected chi connectivity index (χ3v) is 4.08. The molecule has 0 aromatic rings. The van der Waals surface area contributed by atoms with Crippen LogP contribution < -0.4 is 0 Å². The molecule has 1 saturated heterocycles. The largest absolute Gasteiger partial charge is 0.459 e. The first kappa shape index (κ1) is 14.6. The van der Waals surface area contributed by atoms with E-state index in [0.717, 1.165) is 18.6 Å². The number of rotatable bonds is 3. The maximum absolute atomic E-state index is 12.1. The van der Waals surface area contributed by atoms with E-state index < -0.39 is 17.5 Å². The Kier molecular flexibility index (Phi) is 5.04. The lowest BCUT2D eigenvalue weighted by Gasteiger charge is -2.25. The van der Waals surface area contributed by atoms with Crippen molar-refractivity contribution in [2.24, 2.45) is 5.92 Å². The maximum Gasteiger partial charge on any atom is 0.316 e. The van der Waals surface area contributed by atoms with E-state index in [-0.39, 0.29) is 11.0 Å². The molecular weight excluding hydrogens is 236 g/mol. The van der Waals surface area contributed by atoms with Gasteiger partial charge in [-0.15, -0.1) is 0 Å². The molecule has 0 aliphatic carbocycles. The molecule has 2 unspecified atom stereocenters. The van der Waals surface area contributed by atoms with E-state index in [4.69, 9.17) is 4.74 Å². The highest BCUT2D eigenvalue weighted by atomic mass is 32.2. The van der Waals surface area contributed by atoms with Gasteiger partial charge in [-0.3, -0.25) is 9.59 Å². The Hall–Kier alpha value is -0.510. The minimum Gasteiger partial charge on any atom is -0.459 e. The molecule has 1 heterocycles. The van der Waals surface area contributed by atoms with Crippen molar-refractivity contribution in [2.45, 2.75) is 57.8 Å². The summed E-state index contributed by atoms with van der Waals surface area (Å²) in [5.41, 5.74) is -0.522. The Morgan fingerprint density at radius 1 is 1.29 bits per heavy atom. The predicted molar refractivity (Wildman–Crippen MR) is 70.1 cm³/mol. The molecule has 0 saturated carbocycles. The third-order valence-electron chi connectivity index (χ3n) is 2.68. The summed E-state index contributed by atoms with van der Waals surface area (Å²) in [5.74, 6) is 0.0275. The van der Waals surface area contributed by atoms with Crippen molar-refractivity contribution < 1.29 is 14.3 Å². The van der Waals surface area contributed by atoms with Gasteiger partial charge in [0.05, 0.1) is 5.25 Å². The number of carbonyl (C=O) groups is 2. The summed E-state index contributed by atoms with van der Waals surface area (Å²) in [5, 5.41) is -0.00808. The zero-order chi connectivity index (χ0) is 13.1. The lowest BCUT2D eigenvalue weighted by atomic mass is 10.00. The quantitative estimate of drug-likeness (QED) is 0.577. The molecule has 1 aliphatic rings. The van der Waals surface area contributed by atoms with Gasteiger partial charge in [0.1, 0.15) is 11.5 Å². The van der Waals surface area contributed by atoms with Crippen LogP contribution in [0.25, 0.3) is 0 Å². The molecule has 0 N–H and O–H groups in total. The normalized spacial score (nSPS) is 22.9. The Balaban J connectivity index is 2.53. The van der Waals surface area contributed by atoms with Crippen LogP contribution in [-0.4, -0.2) is 28.4 Å². The second-order valence-corrected chi connectivity index (χ2v) is 6.82. The summed E-state index contributed by atoms with van der Waals surface area (Å²) in [4.78, 5) is 23.9. The number of hydrogen-bond acceptors (Lipinski definition) is 4. The number of thioether (sulfide) groups is 1. The van der Waals surface area contributed by atoms with E-state index >= 15 is 0 Å². The van der Waals surface area contributed by atoms with Gasteiger partial charge in [0, 0.05) is 0 Å². The molecule has 1 fully saturated rings. The predicted octanol–water partition coefficient (Wildman–Crippen LogP) is 2.82. The van der Waals surface area contributed by atoms with Crippen LogP contribution in [0.5, 0.6) is 0 Å². The van der Waals surface area contributed by atoms with Crippen LogP contribution in [-0.2, 0) is 14.3 Å². The van der Waals surface area contributed by atoms with Gasteiger partial charge in [0.2, 0.25) is 0 Å². The smallest absolute Gasteiger partial charge is 0.316 e. The van der Waals surface area contributed by atoms with Gasteiger partial charge in [0.15, 0.2) is 5.78 Å². The lowest BCUT2D eigenvalue weighted by Crippen LogP contribution is -2.35. The van der Waals surface area contributed by atoms with Crippen LogP contribution in [0.4, 0.5) is 0 Å². The molecule has 0 aromatic carbocycles. The average Bonchev–Trinajstić information content (AvgIpc) is 2.26. The standard InChI is InChI=1S/C13H22O3S/c1-9(12(15)16-13(2,3)4)11(14)10-7-5-6-8-17-10/h9-10H,5-8H2,1-4H3. The van der Waals surface area contributed by atoms with Crippen molar-refractivity contribution in [1.29, 1.82) is 0 Å². The molecule has 0 bridgehead atoms. The second-order valence-electron chi connectivity index (χ2n) is 5.51. The number of esters is 1. The lowest BCUT2D eigenvalue weighted by molar-refractivity contribution is -0.161. The zero-order valence-electron chi connectivity index (χ0n) is 11.1. The minimum atomic E-state index is -0.634. The summed E-state index contributed by atoms with van der Waals surface area (Å²) in [6.45, 7) is 7.11. The highest BCUT2D eigenvalue weighted by molar-refractivity contribution is 8.00. The van der Waals surface area contributed by atoms with Crippen LogP contribution in [0.15, 0.2) is 0 Å². The van der Waals surface area contributed by atoms with Gasteiger partial charge >= 0.3 is 5.97 Å². The Labute approximate surface area is 108 Å². The number of ketones is 1. The van der Waals surface area contributed by atoms with E-state index in [1.54, 1.807) is 18.7 Å². The summed E-state index contributed by atoms with van der Waals surface area (Å²) >= 11 is 1.68. The summed E-state index contributed by atoms with van der Waals surface area (Å²) in [6, 6.07) is 0. The Morgan fingerprint density at radius 3 is 2.41 bits per heavy atom. The number of ether oxygens (including phenoxy) is 1. The second kappa shape index (κ2) is 5.89. The van der Waals surface area contributed by atoms with Crippen LogP contribution in [0.3, 0.4) is 0 Å². The van der Waals surface area contributed by atoms with Gasteiger partial charge in [-0.1, -0.05) is 6.42 Å². The molecule has 3 nitrogen and oxygen atoms in total. The number of Topliss-reactive ketones (excluding diaryl/α,β-unsaturated/α-hetero) is 1. The molecule has 1 rings (SSSR count). The van der Waals surface area contributed by atoms with E-state index in [1.165, 1.54) is 6.42 Å². The van der Waals surface area contributed by atoms with E-state index in [1.807, 2.05) is 20.8 Å². The topological polar surface area (TPSA) is 43.4 Å². The first-order valence-electron chi connectivity index (χ1n) is 6.19. The Bertz CT molecular complexity index is 288. The average molecular weight is 258 g/mol. The van der Waals surface area contributed by atoms with E-state index in [2.05, 4.69) is 0 Å². The molecule has 0 spiro atoms. The van der Waals surface area contributed by atoms with Crippen molar-refractivity contribution in [3.8, 4) is 0 Å². The van der Waals surface area contributed by atoms with Crippen molar-refractivity contribution in [3.63, 3.8) is 0 Å². The summed E-state index contributed by atoms with van der Waals surface area (Å²) < 4.78 is 5.24. The SMILES string of the molecule is CC(C(=O)OC(C)(C)C)C(=O)C1CCCCS1. The molecule has 98 valence electrons. The molecule has 0 radical (unpaired) electrons. The molecule has 4 heteroatoms. The highest BCUT2D eigenvalue weighted by Gasteiger charge is 2.32. The van der Waals surface area contributed by atoms with Crippen molar-refractivity contribution in [3.05, 3.63) is 0 Å². The number of hydrogen-bond donors (Lipinski definition) is 0. The fourth-order valence-corrected chi connectivity index (χ4v) is 3.11. The van der Waals surface area contributed by atoms with Gasteiger partial charge in [0.25, 0.3) is 0 Å². The van der Waals surface area contributed by atoms with Gasteiger partial charge in [-0.25, -0.2) is 0 Å². The molecule has 17 heavy (non-hydrogen) atoms. The zero-order valence-corrected chi connectivity index (χ0v) is 11.9. The minimum absolute atomic E-state index is 0.00808. The van der Waals surface area contributed by atoms with Crippen molar-refractivity contribution in [2.75, 3.05) is 5.75 Å². The number of carbonyl (C=O) groups excluding carboxylic acids is 2. The monoisotopic (exact) mass is 258 g/mol. The Morgan fingerprint density at radius 2 is 1.94 bits per heavy atom. The molecule has 0 aromatic heterocycles. The van der Waals surface area contributed by atoms with E-state index in [0.29, 0.717) is 0 Å². The van der Waals surface area contributed by atoms with Crippen LogP contribution in [0, 0.1) is 5.92 Å². The first-order valence-corrected chi connectivity index (χ1v) is 7.24. The molecule has 0 amide bonds. The molecule has 2 atom stereocenters. The highest BCUT2D eigenvalue weighted by Crippen LogP contribution is 2.28. The molecular formula is C13H22O3S. The van der Waals surface area contributed by atoms with Crippen LogP contribution >= 0.6 is 11.8 Å². The van der Waals surface area contributed by atoms with Crippen LogP contribution in [0.2, 0.25) is 0 Å². The fourth-order valence-electron chi connectivity index (χ4n) is 1.75. The van der Waals surface area contributed by atoms with E-state index in [9.17, 15) is 9.59 Å². The van der Waals surface area contributed by atoms with Crippen LogP contribution in [0.1, 0.15) is 47.0 Å². The first-order chi connectivity index (χ1) is 7.81. The van der Waals surface area contributed by atoms with Crippen molar-refractivity contribution >= 4 is 23.5 Å². The maximum atomic E-state index is 12.1.